The number of carboxylic acids is 1. The number of rotatable bonds is 5. The zero-order chi connectivity index (χ0) is 11.5. The van der Waals surface area contributed by atoms with Crippen molar-refractivity contribution in [2.75, 3.05) is 6.54 Å². The highest BCUT2D eigenvalue weighted by Crippen LogP contribution is 2.38. The van der Waals surface area contributed by atoms with E-state index in [1.54, 1.807) is 11.3 Å². The Morgan fingerprint density at radius 3 is 2.88 bits per heavy atom. The van der Waals surface area contributed by atoms with Crippen LogP contribution in [0.5, 0.6) is 0 Å². The molecule has 2 N–H and O–H groups in total. The highest BCUT2D eigenvalue weighted by molar-refractivity contribution is 7.09. The van der Waals surface area contributed by atoms with E-state index in [1.165, 1.54) is 4.88 Å². The largest absolute Gasteiger partial charge is 0.481 e. The number of thiophene rings is 1. The monoisotopic (exact) mass is 239 g/mol. The minimum Gasteiger partial charge on any atom is -0.481 e. The molecule has 5 heteroatoms. The van der Waals surface area contributed by atoms with E-state index in [9.17, 15) is 9.59 Å². The summed E-state index contributed by atoms with van der Waals surface area (Å²) < 4.78 is 0. The maximum absolute atomic E-state index is 11.5. The second kappa shape index (κ2) is 4.65. The van der Waals surface area contributed by atoms with E-state index in [2.05, 4.69) is 5.32 Å². The highest BCUT2D eigenvalue weighted by Gasteiger charge is 2.48. The number of hydrogen-bond donors (Lipinski definition) is 2. The second-order valence-electron chi connectivity index (χ2n) is 3.91. The fourth-order valence-corrected chi connectivity index (χ4v) is 2.36. The molecular formula is C11H13NO3S. The van der Waals surface area contributed by atoms with E-state index < -0.39 is 11.9 Å². The van der Waals surface area contributed by atoms with Crippen molar-refractivity contribution in [2.24, 2.45) is 11.8 Å². The standard InChI is InChI=1S/C11H13NO3S/c13-10(8-6-9(8)11(14)15)12-4-3-7-2-1-5-16-7/h1-2,5,8-9H,3-4,6H2,(H,12,13)(H,14,15)/t8-,9+/m1/s1. The van der Waals surface area contributed by atoms with Crippen LogP contribution in [0.3, 0.4) is 0 Å². The third kappa shape index (κ3) is 2.61. The highest BCUT2D eigenvalue weighted by atomic mass is 32.1. The lowest BCUT2D eigenvalue weighted by molar-refractivity contribution is -0.140. The predicted molar refractivity (Wildman–Crippen MR) is 60.3 cm³/mol. The molecule has 0 aromatic carbocycles. The summed E-state index contributed by atoms with van der Waals surface area (Å²) in [6, 6.07) is 4.00. The van der Waals surface area contributed by atoms with E-state index in [0.29, 0.717) is 13.0 Å². The lowest BCUT2D eigenvalue weighted by Gasteiger charge is -2.02. The zero-order valence-corrected chi connectivity index (χ0v) is 9.50. The van der Waals surface area contributed by atoms with E-state index >= 15 is 0 Å². The molecule has 0 spiro atoms. The van der Waals surface area contributed by atoms with Crippen molar-refractivity contribution in [3.63, 3.8) is 0 Å². The van der Waals surface area contributed by atoms with Crippen molar-refractivity contribution in [1.82, 2.24) is 5.32 Å². The molecule has 1 aliphatic rings. The molecule has 1 fully saturated rings. The molecule has 1 aliphatic carbocycles. The van der Waals surface area contributed by atoms with Crippen molar-refractivity contribution in [3.8, 4) is 0 Å². The molecule has 2 atom stereocenters. The Morgan fingerprint density at radius 1 is 1.50 bits per heavy atom. The molecule has 16 heavy (non-hydrogen) atoms. The third-order valence-corrected chi connectivity index (χ3v) is 3.63. The van der Waals surface area contributed by atoms with Crippen molar-refractivity contribution >= 4 is 23.2 Å². The van der Waals surface area contributed by atoms with Crippen LogP contribution in [-0.2, 0) is 16.0 Å². The Hall–Kier alpha value is -1.36. The van der Waals surface area contributed by atoms with Gasteiger partial charge in [-0.2, -0.15) is 0 Å². The Balaban J connectivity index is 1.68. The molecule has 86 valence electrons. The van der Waals surface area contributed by atoms with Gasteiger partial charge in [0.1, 0.15) is 0 Å². The van der Waals surface area contributed by atoms with Gasteiger partial charge >= 0.3 is 5.97 Å². The quantitative estimate of drug-likeness (QED) is 0.809. The van der Waals surface area contributed by atoms with Gasteiger partial charge in [-0.25, -0.2) is 0 Å². The van der Waals surface area contributed by atoms with Gasteiger partial charge in [0.2, 0.25) is 5.91 Å². The average Bonchev–Trinajstić information content (AvgIpc) is 2.90. The van der Waals surface area contributed by atoms with Crippen LogP contribution in [0.2, 0.25) is 0 Å². The molecule has 0 bridgehead atoms. The minimum absolute atomic E-state index is 0.121. The maximum atomic E-state index is 11.5. The van der Waals surface area contributed by atoms with Crippen molar-refractivity contribution in [2.45, 2.75) is 12.8 Å². The summed E-state index contributed by atoms with van der Waals surface area (Å²) in [4.78, 5) is 23.3. The molecule has 0 saturated heterocycles. The summed E-state index contributed by atoms with van der Waals surface area (Å²) in [5, 5.41) is 13.4. The van der Waals surface area contributed by atoms with E-state index in [-0.39, 0.29) is 11.8 Å². The van der Waals surface area contributed by atoms with Crippen molar-refractivity contribution in [1.29, 1.82) is 0 Å². The summed E-state index contributed by atoms with van der Waals surface area (Å²) in [6.45, 7) is 0.586. The van der Waals surface area contributed by atoms with Crippen LogP contribution in [0, 0.1) is 11.8 Å². The molecule has 1 heterocycles. The Kier molecular flexibility index (Phi) is 3.24. The van der Waals surface area contributed by atoms with Gasteiger partial charge < -0.3 is 10.4 Å². The van der Waals surface area contributed by atoms with Gasteiger partial charge in [0.25, 0.3) is 0 Å². The topological polar surface area (TPSA) is 66.4 Å². The lowest BCUT2D eigenvalue weighted by Crippen LogP contribution is -2.28. The number of hydrogen-bond acceptors (Lipinski definition) is 3. The summed E-state index contributed by atoms with van der Waals surface area (Å²) in [5.74, 6) is -1.75. The molecule has 1 aromatic rings. The van der Waals surface area contributed by atoms with Gasteiger partial charge in [-0.05, 0) is 24.3 Å². The zero-order valence-electron chi connectivity index (χ0n) is 8.68. The van der Waals surface area contributed by atoms with Gasteiger partial charge in [-0.15, -0.1) is 11.3 Å². The average molecular weight is 239 g/mol. The first-order chi connectivity index (χ1) is 7.68. The number of nitrogens with one attached hydrogen (secondary N) is 1. The van der Waals surface area contributed by atoms with Crippen LogP contribution < -0.4 is 5.32 Å². The van der Waals surface area contributed by atoms with Gasteiger partial charge in [0.05, 0.1) is 11.8 Å². The molecule has 2 rings (SSSR count). The number of amides is 1. The Morgan fingerprint density at radius 2 is 2.31 bits per heavy atom. The Bertz CT molecular complexity index is 388. The van der Waals surface area contributed by atoms with Crippen LogP contribution in [0.25, 0.3) is 0 Å². The number of aliphatic carboxylic acids is 1. The third-order valence-electron chi connectivity index (χ3n) is 2.70. The van der Waals surface area contributed by atoms with E-state index in [0.717, 1.165) is 6.42 Å². The molecule has 0 unspecified atom stereocenters. The Labute approximate surface area is 97.3 Å². The molecule has 4 nitrogen and oxygen atoms in total. The smallest absolute Gasteiger partial charge is 0.307 e. The summed E-state index contributed by atoms with van der Waals surface area (Å²) in [5.41, 5.74) is 0. The lowest BCUT2D eigenvalue weighted by atomic mass is 10.3. The van der Waals surface area contributed by atoms with E-state index in [4.69, 9.17) is 5.11 Å². The summed E-state index contributed by atoms with van der Waals surface area (Å²) in [7, 11) is 0. The molecule has 1 amide bonds. The van der Waals surface area contributed by atoms with Gasteiger partial charge in [0, 0.05) is 11.4 Å². The van der Waals surface area contributed by atoms with Crippen LogP contribution in [0.4, 0.5) is 0 Å². The first-order valence-electron chi connectivity index (χ1n) is 5.21. The molecule has 1 aromatic heterocycles. The molecule has 0 aliphatic heterocycles. The SMILES string of the molecule is O=C(O)[C@H]1C[C@H]1C(=O)NCCc1cccs1. The van der Waals surface area contributed by atoms with Crippen molar-refractivity contribution in [3.05, 3.63) is 22.4 Å². The maximum Gasteiger partial charge on any atom is 0.307 e. The molecule has 0 radical (unpaired) electrons. The fourth-order valence-electron chi connectivity index (χ4n) is 1.65. The van der Waals surface area contributed by atoms with Gasteiger partial charge in [-0.1, -0.05) is 6.07 Å². The minimum atomic E-state index is -0.863. The first-order valence-corrected chi connectivity index (χ1v) is 6.09. The van der Waals surface area contributed by atoms with Crippen LogP contribution in [0.1, 0.15) is 11.3 Å². The second-order valence-corrected chi connectivity index (χ2v) is 4.94. The normalized spacial score (nSPS) is 22.8. The predicted octanol–water partition coefficient (Wildman–Crippen LogP) is 1.13. The van der Waals surface area contributed by atoms with Gasteiger partial charge in [-0.3, -0.25) is 9.59 Å². The number of carbonyl (C=O) groups is 2. The number of carboxylic acid groups (broad SMARTS) is 1. The van der Waals surface area contributed by atoms with Crippen LogP contribution in [-0.4, -0.2) is 23.5 Å². The summed E-state index contributed by atoms with van der Waals surface area (Å²) >= 11 is 1.66. The number of carbonyl (C=O) groups excluding carboxylic acids is 1. The molecule has 1 saturated carbocycles. The fraction of sp³-hybridized carbons (Fsp3) is 0.455. The van der Waals surface area contributed by atoms with Crippen molar-refractivity contribution < 1.29 is 14.7 Å². The van der Waals surface area contributed by atoms with Gasteiger partial charge in [0.15, 0.2) is 0 Å². The van der Waals surface area contributed by atoms with Crippen LogP contribution >= 0.6 is 11.3 Å². The summed E-state index contributed by atoms with van der Waals surface area (Å²) in [6.07, 6.45) is 1.30. The first kappa shape index (κ1) is 11.1. The molecular weight excluding hydrogens is 226 g/mol. The van der Waals surface area contributed by atoms with Crippen LogP contribution in [0.15, 0.2) is 17.5 Å². The van der Waals surface area contributed by atoms with E-state index in [1.807, 2.05) is 17.5 Å².